The number of benzene rings is 2. The lowest BCUT2D eigenvalue weighted by atomic mass is 10.00. The van der Waals surface area contributed by atoms with Gasteiger partial charge in [-0.25, -0.2) is 4.98 Å². The number of anilines is 1. The second-order valence-electron chi connectivity index (χ2n) is 7.84. The second-order valence-corrected chi connectivity index (χ2v) is 9.83. The zero-order valence-electron chi connectivity index (χ0n) is 18.2. The van der Waals surface area contributed by atoms with Crippen LogP contribution in [-0.4, -0.2) is 28.9 Å². The maximum Gasteiger partial charge on any atom is 0.301 e. The van der Waals surface area contributed by atoms with Crippen LogP contribution in [-0.2, 0) is 9.59 Å². The summed E-state index contributed by atoms with van der Waals surface area (Å²) in [7, 11) is 1.55. The number of fused-ring (bicyclic) bond motifs is 1. The molecule has 0 saturated carbocycles. The van der Waals surface area contributed by atoms with E-state index in [-0.39, 0.29) is 11.3 Å². The molecule has 4 aromatic rings. The summed E-state index contributed by atoms with van der Waals surface area (Å²) in [6, 6.07) is 13.8. The van der Waals surface area contributed by atoms with Gasteiger partial charge >= 0.3 is 5.91 Å². The monoisotopic (exact) mass is 476 g/mol. The lowest BCUT2D eigenvalue weighted by molar-refractivity contribution is -0.132. The van der Waals surface area contributed by atoms with Crippen molar-refractivity contribution in [3.8, 4) is 5.75 Å². The highest BCUT2D eigenvalue weighted by Crippen LogP contribution is 2.45. The smallest absolute Gasteiger partial charge is 0.301 e. The number of aliphatic hydroxyl groups excluding tert-OH is 1. The molecule has 3 heterocycles. The summed E-state index contributed by atoms with van der Waals surface area (Å²) in [5.41, 5.74) is 3.41. The van der Waals surface area contributed by atoms with E-state index in [0.717, 1.165) is 26.2 Å². The Kier molecular flexibility index (Phi) is 5.26. The van der Waals surface area contributed by atoms with Crippen LogP contribution in [0.2, 0.25) is 0 Å². The second kappa shape index (κ2) is 8.13. The van der Waals surface area contributed by atoms with Crippen LogP contribution in [0.25, 0.3) is 16.0 Å². The largest absolute Gasteiger partial charge is 0.507 e. The maximum absolute atomic E-state index is 13.3. The Bertz CT molecular complexity index is 1420. The predicted octanol–water partition coefficient (Wildman–Crippen LogP) is 5.61. The molecule has 1 aliphatic heterocycles. The van der Waals surface area contributed by atoms with Gasteiger partial charge in [-0.05, 0) is 66.8 Å². The van der Waals surface area contributed by atoms with Gasteiger partial charge in [0, 0.05) is 10.4 Å². The number of ketones is 1. The third-order valence-electron chi connectivity index (χ3n) is 5.65. The Morgan fingerprint density at radius 2 is 1.88 bits per heavy atom. The van der Waals surface area contributed by atoms with Crippen LogP contribution >= 0.6 is 22.7 Å². The van der Waals surface area contributed by atoms with Gasteiger partial charge in [-0.1, -0.05) is 23.5 Å². The molecule has 1 aliphatic rings. The fourth-order valence-electron chi connectivity index (χ4n) is 4.11. The summed E-state index contributed by atoms with van der Waals surface area (Å²) in [5, 5.41) is 13.5. The number of aryl methyl sites for hydroxylation is 2. The standard InChI is InChI=1S/C25H20N2O4S2/c1-13-11-14(2)20-18(12-13)33-25(26-20)27-21(17-5-4-10-32-17)19(23(29)24(27)30)22(28)15-6-8-16(31-3)9-7-15/h4-12,21,28H,1-3H3. The third-order valence-corrected chi connectivity index (χ3v) is 7.57. The maximum atomic E-state index is 13.3. The van der Waals surface area contributed by atoms with Crippen molar-refractivity contribution in [2.24, 2.45) is 0 Å². The number of rotatable bonds is 4. The van der Waals surface area contributed by atoms with Crippen molar-refractivity contribution in [3.05, 3.63) is 81.1 Å². The number of aliphatic hydroxyl groups is 1. The number of nitrogens with zero attached hydrogens (tertiary/aromatic N) is 2. The number of hydrogen-bond acceptors (Lipinski definition) is 7. The Balaban J connectivity index is 1.70. The van der Waals surface area contributed by atoms with Crippen LogP contribution in [0.5, 0.6) is 5.75 Å². The van der Waals surface area contributed by atoms with Crippen molar-refractivity contribution < 1.29 is 19.4 Å². The molecule has 0 bridgehead atoms. The fourth-order valence-corrected chi connectivity index (χ4v) is 6.10. The summed E-state index contributed by atoms with van der Waals surface area (Å²) in [6.07, 6.45) is 0. The number of aromatic nitrogens is 1. The number of thiophene rings is 1. The van der Waals surface area contributed by atoms with Crippen LogP contribution in [0.15, 0.2) is 59.5 Å². The Morgan fingerprint density at radius 1 is 1.12 bits per heavy atom. The minimum Gasteiger partial charge on any atom is -0.507 e. The first-order valence-corrected chi connectivity index (χ1v) is 11.9. The van der Waals surface area contributed by atoms with Crippen LogP contribution in [0.1, 0.15) is 27.6 Å². The summed E-state index contributed by atoms with van der Waals surface area (Å²) < 4.78 is 6.13. The van der Waals surface area contributed by atoms with Crippen molar-refractivity contribution in [1.29, 1.82) is 0 Å². The highest BCUT2D eigenvalue weighted by atomic mass is 32.1. The molecule has 0 aliphatic carbocycles. The average molecular weight is 477 g/mol. The van der Waals surface area contributed by atoms with Gasteiger partial charge in [0.1, 0.15) is 17.6 Å². The molecule has 166 valence electrons. The van der Waals surface area contributed by atoms with E-state index in [1.165, 1.54) is 27.6 Å². The molecule has 1 unspecified atom stereocenters. The van der Waals surface area contributed by atoms with Gasteiger partial charge in [-0.15, -0.1) is 11.3 Å². The topological polar surface area (TPSA) is 79.7 Å². The number of carbonyl (C=O) groups excluding carboxylic acids is 2. The van der Waals surface area contributed by atoms with Gasteiger partial charge in [-0.2, -0.15) is 0 Å². The van der Waals surface area contributed by atoms with Crippen LogP contribution in [0.4, 0.5) is 5.13 Å². The molecular formula is C25H20N2O4S2. The Hall–Kier alpha value is -3.49. The van der Waals surface area contributed by atoms with E-state index in [4.69, 9.17) is 9.72 Å². The first-order chi connectivity index (χ1) is 15.9. The molecule has 1 fully saturated rings. The number of methoxy groups -OCH3 is 1. The van der Waals surface area contributed by atoms with Crippen LogP contribution in [0, 0.1) is 13.8 Å². The zero-order valence-corrected chi connectivity index (χ0v) is 19.8. The number of ether oxygens (including phenoxy) is 1. The molecule has 8 heteroatoms. The van der Waals surface area contributed by atoms with E-state index in [1.54, 1.807) is 31.4 Å². The SMILES string of the molecule is COc1ccc(C(O)=C2C(=O)C(=O)N(c3nc4c(C)cc(C)cc4s3)C2c2cccs2)cc1. The molecule has 1 N–H and O–H groups in total. The number of thiazole rings is 1. The van der Waals surface area contributed by atoms with Gasteiger partial charge < -0.3 is 9.84 Å². The first-order valence-electron chi connectivity index (χ1n) is 10.3. The minimum absolute atomic E-state index is 0.0553. The van der Waals surface area contributed by atoms with Gasteiger partial charge in [0.05, 0.1) is 22.9 Å². The summed E-state index contributed by atoms with van der Waals surface area (Å²) in [5.74, 6) is -1.02. The lowest BCUT2D eigenvalue weighted by Gasteiger charge is -2.21. The number of hydrogen-bond donors (Lipinski definition) is 1. The molecule has 2 aromatic heterocycles. The van der Waals surface area contributed by atoms with E-state index in [9.17, 15) is 14.7 Å². The highest BCUT2D eigenvalue weighted by molar-refractivity contribution is 7.22. The fraction of sp³-hybridized carbons (Fsp3) is 0.160. The quantitative estimate of drug-likeness (QED) is 0.235. The van der Waals surface area contributed by atoms with Crippen LogP contribution < -0.4 is 9.64 Å². The van der Waals surface area contributed by atoms with Crippen molar-refractivity contribution in [1.82, 2.24) is 4.98 Å². The number of amides is 1. The molecule has 2 aromatic carbocycles. The molecule has 0 spiro atoms. The van der Waals surface area contributed by atoms with E-state index < -0.39 is 17.7 Å². The summed E-state index contributed by atoms with van der Waals surface area (Å²) in [4.78, 5) is 33.4. The normalized spacial score (nSPS) is 17.8. The highest BCUT2D eigenvalue weighted by Gasteiger charge is 2.48. The Labute approximate surface area is 198 Å². The molecule has 1 atom stereocenters. The van der Waals surface area contributed by atoms with Gasteiger partial charge in [-0.3, -0.25) is 14.5 Å². The van der Waals surface area contributed by atoms with Crippen molar-refractivity contribution in [3.63, 3.8) is 0 Å². The summed E-state index contributed by atoms with van der Waals surface area (Å²) in [6.45, 7) is 3.99. The molecule has 6 nitrogen and oxygen atoms in total. The minimum atomic E-state index is -0.755. The molecular weight excluding hydrogens is 456 g/mol. The van der Waals surface area contributed by atoms with E-state index in [1.807, 2.05) is 43.5 Å². The van der Waals surface area contributed by atoms with E-state index >= 15 is 0 Å². The van der Waals surface area contributed by atoms with Gasteiger partial charge in [0.15, 0.2) is 5.13 Å². The third kappa shape index (κ3) is 3.51. The van der Waals surface area contributed by atoms with Crippen LogP contribution in [0.3, 0.4) is 0 Å². The zero-order chi connectivity index (χ0) is 23.3. The number of Topliss-reactive ketones (excluding diaryl/α,β-unsaturated/α-hetero) is 1. The summed E-state index contributed by atoms with van der Waals surface area (Å²) >= 11 is 2.79. The van der Waals surface area contributed by atoms with Crippen molar-refractivity contribution in [2.75, 3.05) is 12.0 Å². The lowest BCUT2D eigenvalue weighted by Crippen LogP contribution is -2.28. The van der Waals surface area contributed by atoms with Crippen molar-refractivity contribution >= 4 is 55.5 Å². The van der Waals surface area contributed by atoms with Gasteiger partial charge in [0.2, 0.25) is 0 Å². The Morgan fingerprint density at radius 3 is 2.55 bits per heavy atom. The predicted molar refractivity (Wildman–Crippen MR) is 131 cm³/mol. The average Bonchev–Trinajstić information content (AvgIpc) is 3.52. The molecule has 5 rings (SSSR count). The van der Waals surface area contributed by atoms with Gasteiger partial charge in [0.25, 0.3) is 5.78 Å². The molecule has 33 heavy (non-hydrogen) atoms. The van der Waals surface area contributed by atoms with E-state index in [2.05, 4.69) is 0 Å². The molecule has 0 radical (unpaired) electrons. The molecule has 1 saturated heterocycles. The van der Waals surface area contributed by atoms with E-state index in [0.29, 0.717) is 16.4 Å². The molecule has 1 amide bonds. The first kappa shape index (κ1) is 21.4. The number of carbonyl (C=O) groups is 2. The van der Waals surface area contributed by atoms with Crippen molar-refractivity contribution in [2.45, 2.75) is 19.9 Å².